The van der Waals surface area contributed by atoms with Crippen molar-refractivity contribution in [2.24, 2.45) is 0 Å². The van der Waals surface area contributed by atoms with Crippen LogP contribution in [-0.2, 0) is 15.5 Å². The molecule has 4 fully saturated rings. The summed E-state index contributed by atoms with van der Waals surface area (Å²) in [5.41, 5.74) is 2.57. The third-order valence-corrected chi connectivity index (χ3v) is 11.8. The number of fused-ring (bicyclic) bond motifs is 1. The number of rotatable bonds is 10. The number of pyridine rings is 2. The van der Waals surface area contributed by atoms with Gasteiger partial charge in [-0.2, -0.15) is 13.8 Å². The van der Waals surface area contributed by atoms with Crippen LogP contribution in [0.5, 0.6) is 0 Å². The summed E-state index contributed by atoms with van der Waals surface area (Å²) in [6.45, 7) is 7.20. The summed E-state index contributed by atoms with van der Waals surface area (Å²) < 4.78 is 32.2. The lowest BCUT2D eigenvalue weighted by Crippen LogP contribution is -2.64. The number of nitrogens with one attached hydrogen (secondary N) is 2. The number of piperidine rings is 1. The van der Waals surface area contributed by atoms with E-state index in [4.69, 9.17) is 4.98 Å². The maximum absolute atomic E-state index is 15.3. The summed E-state index contributed by atoms with van der Waals surface area (Å²) in [5.74, 6) is -3.59. The number of alkyl halides is 2. The maximum Gasteiger partial charge on any atom is 0.285 e. The average Bonchev–Trinajstić information content (AvgIpc) is 3.68. The molecule has 0 bridgehead atoms. The van der Waals surface area contributed by atoms with Gasteiger partial charge < -0.3 is 10.2 Å². The van der Waals surface area contributed by atoms with Gasteiger partial charge in [0.2, 0.25) is 17.8 Å². The molecule has 4 aliphatic rings. The summed E-state index contributed by atoms with van der Waals surface area (Å²) >= 11 is 0. The first-order chi connectivity index (χ1) is 26.4. The number of hydrogen-bond donors (Lipinski definition) is 2. The van der Waals surface area contributed by atoms with E-state index in [2.05, 4.69) is 30.4 Å². The number of ketones is 1. The standard InChI is InChI=1S/C40H45F2N9O4/c1-24-32-20-44-39(47-36(32)51(28-5-3-4-6-28)38(55)35(24)25(2)52)45-33-13-11-29(19-43-33)49-15-17-50(18-16-49)30-21-48(22-30)23-40(41,42)27-9-7-26(8-10-27)31-12-14-34(53)46-37(31)54/h7-11,13,19-20,28,30-31H,3-6,12,14-18,21-23H2,1-2H3,(H,46,53,54)(H,43,44,45,47). The van der Waals surface area contributed by atoms with Crippen molar-refractivity contribution in [3.63, 3.8) is 0 Å². The number of imide groups is 1. The Bertz CT molecular complexity index is 2170. The summed E-state index contributed by atoms with van der Waals surface area (Å²) in [7, 11) is 0. The zero-order chi connectivity index (χ0) is 38.4. The van der Waals surface area contributed by atoms with Gasteiger partial charge in [0, 0.05) is 74.9 Å². The summed E-state index contributed by atoms with van der Waals surface area (Å²) in [5, 5.41) is 6.19. The first kappa shape index (κ1) is 36.8. The van der Waals surface area contributed by atoms with Crippen molar-refractivity contribution in [1.82, 2.24) is 34.6 Å². The summed E-state index contributed by atoms with van der Waals surface area (Å²) in [4.78, 5) is 69.9. The van der Waals surface area contributed by atoms with E-state index in [-0.39, 0.29) is 59.3 Å². The van der Waals surface area contributed by atoms with Crippen molar-refractivity contribution in [2.75, 3.05) is 56.0 Å². The molecule has 4 aromatic rings. The van der Waals surface area contributed by atoms with Gasteiger partial charge in [0.15, 0.2) is 5.78 Å². The highest BCUT2D eigenvalue weighted by Crippen LogP contribution is 2.35. The number of carbonyl (C=O) groups is 3. The Labute approximate surface area is 317 Å². The van der Waals surface area contributed by atoms with Gasteiger partial charge in [-0.05, 0) is 56.4 Å². The lowest BCUT2D eigenvalue weighted by Gasteiger charge is -2.49. The van der Waals surface area contributed by atoms with E-state index in [1.165, 1.54) is 19.1 Å². The molecule has 15 heteroatoms. The number of piperazine rings is 1. The Balaban J connectivity index is 0.839. The molecule has 288 valence electrons. The number of halogens is 2. The number of hydrogen-bond acceptors (Lipinski definition) is 11. The predicted molar refractivity (Wildman–Crippen MR) is 203 cm³/mol. The number of amides is 2. The highest BCUT2D eigenvalue weighted by Gasteiger charge is 2.41. The molecule has 2 amide bonds. The van der Waals surface area contributed by atoms with Crippen LogP contribution >= 0.6 is 0 Å². The summed E-state index contributed by atoms with van der Waals surface area (Å²) in [6, 6.07) is 10.0. The van der Waals surface area contributed by atoms with Crippen molar-refractivity contribution < 1.29 is 23.2 Å². The molecule has 3 aromatic heterocycles. The molecule has 2 N–H and O–H groups in total. The molecular weight excluding hydrogens is 708 g/mol. The van der Waals surface area contributed by atoms with Gasteiger partial charge in [-0.3, -0.25) is 38.9 Å². The Kier molecular flexibility index (Phi) is 9.92. The maximum atomic E-state index is 15.3. The van der Waals surface area contributed by atoms with Gasteiger partial charge in [-0.1, -0.05) is 37.1 Å². The molecule has 1 aliphatic carbocycles. The molecule has 0 spiro atoms. The van der Waals surface area contributed by atoms with Gasteiger partial charge >= 0.3 is 0 Å². The highest BCUT2D eigenvalue weighted by molar-refractivity contribution is 6.01. The van der Waals surface area contributed by atoms with Crippen molar-refractivity contribution >= 4 is 46.1 Å². The average molecular weight is 754 g/mol. The van der Waals surface area contributed by atoms with E-state index in [0.717, 1.165) is 57.5 Å². The minimum absolute atomic E-state index is 0.00715. The zero-order valence-corrected chi connectivity index (χ0v) is 31.1. The molecule has 8 rings (SSSR count). The minimum atomic E-state index is -3.03. The Morgan fingerprint density at radius 2 is 1.65 bits per heavy atom. The largest absolute Gasteiger partial charge is 0.368 e. The molecule has 3 saturated heterocycles. The third-order valence-electron chi connectivity index (χ3n) is 11.8. The fourth-order valence-electron chi connectivity index (χ4n) is 8.66. The number of benzene rings is 1. The van der Waals surface area contributed by atoms with E-state index < -0.39 is 11.8 Å². The Morgan fingerprint density at radius 3 is 2.31 bits per heavy atom. The van der Waals surface area contributed by atoms with Crippen LogP contribution in [0.4, 0.5) is 26.2 Å². The van der Waals surface area contributed by atoms with Gasteiger partial charge in [0.05, 0.1) is 29.9 Å². The molecule has 1 saturated carbocycles. The second-order valence-electron chi connectivity index (χ2n) is 15.3. The van der Waals surface area contributed by atoms with Crippen LogP contribution in [-0.4, -0.2) is 98.8 Å². The fourth-order valence-corrected chi connectivity index (χ4v) is 8.66. The molecule has 3 aliphatic heterocycles. The number of likely N-dealkylation sites (tertiary alicyclic amines) is 1. The third kappa shape index (κ3) is 7.34. The van der Waals surface area contributed by atoms with E-state index in [1.54, 1.807) is 40.9 Å². The van der Waals surface area contributed by atoms with Crippen LogP contribution in [0.25, 0.3) is 11.0 Å². The van der Waals surface area contributed by atoms with Crippen molar-refractivity contribution in [1.29, 1.82) is 0 Å². The molecule has 13 nitrogen and oxygen atoms in total. The number of carbonyl (C=O) groups excluding carboxylic acids is 3. The predicted octanol–water partition coefficient (Wildman–Crippen LogP) is 4.67. The van der Waals surface area contributed by atoms with Crippen molar-refractivity contribution in [3.8, 4) is 0 Å². The molecule has 1 unspecified atom stereocenters. The van der Waals surface area contributed by atoms with E-state index in [1.807, 2.05) is 12.1 Å². The first-order valence-electron chi connectivity index (χ1n) is 19.1. The fraction of sp³-hybridized carbons (Fsp3) is 0.475. The lowest BCUT2D eigenvalue weighted by atomic mass is 9.89. The lowest BCUT2D eigenvalue weighted by molar-refractivity contribution is -0.134. The van der Waals surface area contributed by atoms with Crippen molar-refractivity contribution in [3.05, 3.63) is 81.4 Å². The van der Waals surface area contributed by atoms with E-state index in [0.29, 0.717) is 53.4 Å². The SMILES string of the molecule is CC(=O)c1c(C)c2cnc(Nc3ccc(N4CCN(C5CN(CC(F)(F)c6ccc(C7CCC(=O)NC7=O)cc6)C5)CC4)cn3)nc2n(C2CCCC2)c1=O. The van der Waals surface area contributed by atoms with Gasteiger partial charge in [0.25, 0.3) is 11.5 Å². The summed E-state index contributed by atoms with van der Waals surface area (Å²) in [6.07, 6.45) is 7.88. The van der Waals surface area contributed by atoms with Crippen LogP contribution in [0.2, 0.25) is 0 Å². The number of aryl methyl sites for hydroxylation is 1. The highest BCUT2D eigenvalue weighted by atomic mass is 19.3. The number of nitrogens with zero attached hydrogens (tertiary/aromatic N) is 7. The molecular formula is C40H45F2N9O4. The number of anilines is 3. The van der Waals surface area contributed by atoms with Crippen LogP contribution < -0.4 is 21.1 Å². The normalized spacial score (nSPS) is 20.5. The van der Waals surface area contributed by atoms with Crippen LogP contribution in [0, 0.1) is 6.92 Å². The Morgan fingerprint density at radius 1 is 0.927 bits per heavy atom. The van der Waals surface area contributed by atoms with E-state index in [9.17, 15) is 19.2 Å². The van der Waals surface area contributed by atoms with Gasteiger partial charge in [-0.15, -0.1) is 0 Å². The molecule has 1 atom stereocenters. The Hall–Kier alpha value is -5.15. The molecule has 55 heavy (non-hydrogen) atoms. The smallest absolute Gasteiger partial charge is 0.285 e. The van der Waals surface area contributed by atoms with Crippen LogP contribution in [0.1, 0.15) is 84.5 Å². The van der Waals surface area contributed by atoms with Crippen LogP contribution in [0.15, 0.2) is 53.6 Å². The van der Waals surface area contributed by atoms with Crippen LogP contribution in [0.3, 0.4) is 0 Å². The number of aromatic nitrogens is 4. The van der Waals surface area contributed by atoms with Gasteiger partial charge in [0.1, 0.15) is 11.5 Å². The second kappa shape index (κ2) is 14.8. The van der Waals surface area contributed by atoms with Crippen molar-refractivity contribution in [2.45, 2.75) is 76.3 Å². The zero-order valence-electron chi connectivity index (χ0n) is 31.1. The number of Topliss-reactive ketones (excluding diaryl/α,β-unsaturated/α-hetero) is 1. The monoisotopic (exact) mass is 753 g/mol. The molecule has 1 aromatic carbocycles. The minimum Gasteiger partial charge on any atom is -0.368 e. The topological polar surface area (TPSA) is 146 Å². The van der Waals surface area contributed by atoms with Gasteiger partial charge in [-0.25, -0.2) is 9.97 Å². The first-order valence-corrected chi connectivity index (χ1v) is 19.1. The molecule has 0 radical (unpaired) electrons. The second-order valence-corrected chi connectivity index (χ2v) is 15.3. The quantitative estimate of drug-likeness (QED) is 0.172. The molecule has 6 heterocycles. The van der Waals surface area contributed by atoms with E-state index >= 15 is 8.78 Å².